The first-order valence-electron chi connectivity index (χ1n) is 10.7. The van der Waals surface area contributed by atoms with Crippen LogP contribution in [0.15, 0.2) is 0 Å². The number of carbonyl (C=O) groups is 4. The standard InChI is InChI=1S/C21H38N4O5/c1-6-9-21(5,25-16(27)12-23-18(29)20(2,3)4)19(30)24-15(13-26)11-14-8-7-10-22-17(14)28/h14-15,26H,6-13H2,1-5H3,(H,22,28)(H,23,29)(H,24,30)(H,25,27)/t14-,15-,21?/m0/s1. The fraction of sp³-hybridized carbons (Fsp3) is 0.810. The van der Waals surface area contributed by atoms with Crippen molar-refractivity contribution in [2.45, 2.75) is 78.3 Å². The Labute approximate surface area is 179 Å². The van der Waals surface area contributed by atoms with E-state index < -0.39 is 28.8 Å². The molecule has 0 radical (unpaired) electrons. The number of nitrogens with one attached hydrogen (secondary N) is 4. The number of aliphatic hydroxyl groups is 1. The van der Waals surface area contributed by atoms with Crippen LogP contribution in [-0.4, -0.2) is 60.0 Å². The van der Waals surface area contributed by atoms with Crippen molar-refractivity contribution in [2.75, 3.05) is 19.7 Å². The van der Waals surface area contributed by atoms with E-state index in [9.17, 15) is 24.3 Å². The Bertz CT molecular complexity index is 631. The average Bonchev–Trinajstić information content (AvgIpc) is 2.66. The van der Waals surface area contributed by atoms with Gasteiger partial charge in [-0.15, -0.1) is 0 Å². The van der Waals surface area contributed by atoms with E-state index in [-0.39, 0.29) is 30.9 Å². The molecule has 0 aromatic carbocycles. The Morgan fingerprint density at radius 2 is 1.87 bits per heavy atom. The van der Waals surface area contributed by atoms with E-state index >= 15 is 0 Å². The lowest BCUT2D eigenvalue weighted by Crippen LogP contribution is -2.60. The third kappa shape index (κ3) is 7.93. The molecule has 30 heavy (non-hydrogen) atoms. The molecule has 1 heterocycles. The van der Waals surface area contributed by atoms with Crippen molar-refractivity contribution < 1.29 is 24.3 Å². The molecule has 0 aromatic heterocycles. The summed E-state index contributed by atoms with van der Waals surface area (Å²) in [5.41, 5.74) is -1.81. The van der Waals surface area contributed by atoms with Gasteiger partial charge in [-0.05, 0) is 32.6 Å². The molecule has 0 aliphatic carbocycles. The number of rotatable bonds is 10. The Balaban J connectivity index is 2.72. The Morgan fingerprint density at radius 1 is 1.20 bits per heavy atom. The summed E-state index contributed by atoms with van der Waals surface area (Å²) >= 11 is 0. The first-order chi connectivity index (χ1) is 13.9. The van der Waals surface area contributed by atoms with E-state index in [2.05, 4.69) is 21.3 Å². The molecule has 4 amide bonds. The molecule has 9 nitrogen and oxygen atoms in total. The van der Waals surface area contributed by atoms with E-state index in [0.29, 0.717) is 32.2 Å². The molecule has 1 fully saturated rings. The Kier molecular flexibility index (Phi) is 9.74. The summed E-state index contributed by atoms with van der Waals surface area (Å²) in [7, 11) is 0. The molecular formula is C21H38N4O5. The van der Waals surface area contributed by atoms with Gasteiger partial charge in [0.15, 0.2) is 0 Å². The zero-order valence-electron chi connectivity index (χ0n) is 18.9. The van der Waals surface area contributed by atoms with Gasteiger partial charge in [0.25, 0.3) is 0 Å². The smallest absolute Gasteiger partial charge is 0.245 e. The van der Waals surface area contributed by atoms with Gasteiger partial charge in [-0.3, -0.25) is 19.2 Å². The minimum atomic E-state index is -1.19. The average molecular weight is 427 g/mol. The van der Waals surface area contributed by atoms with Crippen molar-refractivity contribution in [1.29, 1.82) is 0 Å². The number of carbonyl (C=O) groups excluding carboxylic acids is 4. The van der Waals surface area contributed by atoms with Crippen LogP contribution in [0, 0.1) is 11.3 Å². The molecule has 172 valence electrons. The van der Waals surface area contributed by atoms with Gasteiger partial charge in [0.1, 0.15) is 5.54 Å². The third-order valence-electron chi connectivity index (χ3n) is 5.28. The van der Waals surface area contributed by atoms with Crippen molar-refractivity contribution >= 4 is 23.6 Å². The second kappa shape index (κ2) is 11.3. The summed E-state index contributed by atoms with van der Waals surface area (Å²) in [6.07, 6.45) is 2.96. The van der Waals surface area contributed by atoms with Gasteiger partial charge in [-0.1, -0.05) is 34.1 Å². The fourth-order valence-corrected chi connectivity index (χ4v) is 3.44. The van der Waals surface area contributed by atoms with Crippen LogP contribution in [0.25, 0.3) is 0 Å². The minimum Gasteiger partial charge on any atom is -0.394 e. The first-order valence-corrected chi connectivity index (χ1v) is 10.7. The topological polar surface area (TPSA) is 137 Å². The van der Waals surface area contributed by atoms with Gasteiger partial charge in [0.2, 0.25) is 23.6 Å². The molecule has 3 atom stereocenters. The van der Waals surface area contributed by atoms with Crippen molar-refractivity contribution in [3.63, 3.8) is 0 Å². The molecule has 1 unspecified atom stereocenters. The maximum atomic E-state index is 13.0. The quantitative estimate of drug-likeness (QED) is 0.340. The number of hydrogen-bond acceptors (Lipinski definition) is 5. The maximum Gasteiger partial charge on any atom is 0.245 e. The summed E-state index contributed by atoms with van der Waals surface area (Å²) in [5.74, 6) is -1.46. The molecule has 1 saturated heterocycles. The normalized spacial score (nSPS) is 19.8. The van der Waals surface area contributed by atoms with Crippen LogP contribution in [-0.2, 0) is 19.2 Å². The molecular weight excluding hydrogens is 388 g/mol. The highest BCUT2D eigenvalue weighted by Crippen LogP contribution is 2.19. The second-order valence-electron chi connectivity index (χ2n) is 9.28. The number of amides is 4. The van der Waals surface area contributed by atoms with E-state index in [4.69, 9.17) is 0 Å². The second-order valence-corrected chi connectivity index (χ2v) is 9.28. The van der Waals surface area contributed by atoms with Gasteiger partial charge in [0, 0.05) is 17.9 Å². The molecule has 0 saturated carbocycles. The first kappa shape index (κ1) is 25.9. The van der Waals surface area contributed by atoms with Crippen molar-refractivity contribution in [1.82, 2.24) is 21.3 Å². The van der Waals surface area contributed by atoms with Crippen LogP contribution in [0.2, 0.25) is 0 Å². The molecule has 1 rings (SSSR count). The van der Waals surface area contributed by atoms with Crippen molar-refractivity contribution in [3.8, 4) is 0 Å². The van der Waals surface area contributed by atoms with Crippen molar-refractivity contribution in [3.05, 3.63) is 0 Å². The maximum absolute atomic E-state index is 13.0. The zero-order valence-corrected chi connectivity index (χ0v) is 18.9. The molecule has 0 bridgehead atoms. The molecule has 1 aliphatic rings. The van der Waals surface area contributed by atoms with Crippen LogP contribution in [0.5, 0.6) is 0 Å². The lowest BCUT2D eigenvalue weighted by molar-refractivity contribution is -0.135. The van der Waals surface area contributed by atoms with Gasteiger partial charge < -0.3 is 26.4 Å². The van der Waals surface area contributed by atoms with Crippen LogP contribution in [0.4, 0.5) is 0 Å². The lowest BCUT2D eigenvalue weighted by Gasteiger charge is -2.32. The number of hydrogen-bond donors (Lipinski definition) is 5. The van der Waals surface area contributed by atoms with Gasteiger partial charge in [-0.25, -0.2) is 0 Å². The van der Waals surface area contributed by atoms with Gasteiger partial charge >= 0.3 is 0 Å². The predicted molar refractivity (Wildman–Crippen MR) is 113 cm³/mol. The van der Waals surface area contributed by atoms with E-state index in [0.717, 1.165) is 6.42 Å². The highest BCUT2D eigenvalue weighted by molar-refractivity contribution is 5.93. The van der Waals surface area contributed by atoms with Crippen LogP contribution >= 0.6 is 0 Å². The summed E-state index contributed by atoms with van der Waals surface area (Å²) in [5, 5.41) is 20.6. The summed E-state index contributed by atoms with van der Waals surface area (Å²) in [6, 6.07) is -0.583. The van der Waals surface area contributed by atoms with Crippen LogP contribution in [0.3, 0.4) is 0 Å². The van der Waals surface area contributed by atoms with Crippen LogP contribution < -0.4 is 21.3 Å². The molecule has 1 aliphatic heterocycles. The number of piperidine rings is 1. The number of aliphatic hydroxyl groups excluding tert-OH is 1. The Hall–Kier alpha value is -2.16. The molecule has 0 aromatic rings. The molecule has 5 N–H and O–H groups in total. The fourth-order valence-electron chi connectivity index (χ4n) is 3.44. The largest absolute Gasteiger partial charge is 0.394 e. The van der Waals surface area contributed by atoms with Gasteiger partial charge in [0.05, 0.1) is 19.2 Å². The molecule has 9 heteroatoms. The summed E-state index contributed by atoms with van der Waals surface area (Å²) in [4.78, 5) is 49.3. The highest BCUT2D eigenvalue weighted by atomic mass is 16.3. The minimum absolute atomic E-state index is 0.0619. The van der Waals surface area contributed by atoms with Gasteiger partial charge in [-0.2, -0.15) is 0 Å². The van der Waals surface area contributed by atoms with Crippen molar-refractivity contribution in [2.24, 2.45) is 11.3 Å². The third-order valence-corrected chi connectivity index (χ3v) is 5.28. The lowest BCUT2D eigenvalue weighted by atomic mass is 9.90. The summed E-state index contributed by atoms with van der Waals surface area (Å²) < 4.78 is 0. The SMILES string of the molecule is CCCC(C)(NC(=O)CNC(=O)C(C)(C)C)C(=O)N[C@H](CO)C[C@@H]1CCCNC1=O. The highest BCUT2D eigenvalue weighted by Gasteiger charge is 2.36. The van der Waals surface area contributed by atoms with E-state index in [1.165, 1.54) is 0 Å². The summed E-state index contributed by atoms with van der Waals surface area (Å²) in [6.45, 7) is 8.88. The predicted octanol–water partition coefficient (Wildman–Crippen LogP) is 0.217. The Morgan fingerprint density at radius 3 is 2.40 bits per heavy atom. The van der Waals surface area contributed by atoms with E-state index in [1.807, 2.05) is 6.92 Å². The molecule has 0 spiro atoms. The zero-order chi connectivity index (χ0) is 22.9. The van der Waals surface area contributed by atoms with Crippen LogP contribution in [0.1, 0.15) is 66.7 Å². The van der Waals surface area contributed by atoms with E-state index in [1.54, 1.807) is 27.7 Å². The monoisotopic (exact) mass is 426 g/mol.